The summed E-state index contributed by atoms with van der Waals surface area (Å²) in [5.41, 5.74) is 1.22. The van der Waals surface area contributed by atoms with Crippen LogP contribution in [0.1, 0.15) is 11.1 Å². The van der Waals surface area contributed by atoms with E-state index in [0.717, 1.165) is 0 Å². The molecule has 0 spiro atoms. The fourth-order valence-corrected chi connectivity index (χ4v) is 1.39. The lowest BCUT2D eigenvalue weighted by molar-refractivity contribution is 0.386. The quantitative estimate of drug-likeness (QED) is 0.468. The molecule has 0 aliphatic heterocycles. The van der Waals surface area contributed by atoms with Crippen molar-refractivity contribution in [2.24, 2.45) is 10.9 Å². The lowest BCUT2D eigenvalue weighted by Crippen LogP contribution is -1.97. The monoisotopic (exact) mass is 216 g/mol. The van der Waals surface area contributed by atoms with Crippen LogP contribution >= 0.6 is 11.6 Å². The van der Waals surface area contributed by atoms with Gasteiger partial charge in [0.2, 0.25) is 0 Å². The average molecular weight is 217 g/mol. The van der Waals surface area contributed by atoms with Crippen LogP contribution in [0.3, 0.4) is 0 Å². The van der Waals surface area contributed by atoms with Gasteiger partial charge in [-0.25, -0.2) is 4.39 Å². The van der Waals surface area contributed by atoms with Crippen molar-refractivity contribution in [3.8, 4) is 5.75 Å². The molecule has 0 saturated heterocycles. The molecule has 1 aromatic rings. The summed E-state index contributed by atoms with van der Waals surface area (Å²) in [7, 11) is 1.36. The van der Waals surface area contributed by atoms with Crippen LogP contribution in [0.2, 0.25) is 5.02 Å². The van der Waals surface area contributed by atoms with Crippen molar-refractivity contribution in [3.05, 3.63) is 28.0 Å². The van der Waals surface area contributed by atoms with E-state index in [9.17, 15) is 4.39 Å². The number of nitrogens with two attached hydrogens (primary N) is 1. The zero-order valence-corrected chi connectivity index (χ0v) is 8.60. The summed E-state index contributed by atoms with van der Waals surface area (Å²) in [6.45, 7) is 1.74. The van der Waals surface area contributed by atoms with Crippen LogP contribution in [0.15, 0.2) is 11.2 Å². The molecule has 0 fully saturated rings. The number of halogens is 2. The Morgan fingerprint density at radius 1 is 1.64 bits per heavy atom. The highest BCUT2D eigenvalue weighted by Crippen LogP contribution is 2.32. The molecule has 0 radical (unpaired) electrons. The summed E-state index contributed by atoms with van der Waals surface area (Å²) < 4.78 is 18.1. The van der Waals surface area contributed by atoms with Crippen LogP contribution in [0, 0.1) is 12.7 Å². The normalized spacial score (nSPS) is 10.9. The van der Waals surface area contributed by atoms with Crippen LogP contribution in [0.25, 0.3) is 0 Å². The summed E-state index contributed by atoms with van der Waals surface area (Å²) in [5.74, 6) is 4.48. The van der Waals surface area contributed by atoms with Crippen LogP contribution in [0.4, 0.5) is 4.39 Å². The second-order valence-corrected chi connectivity index (χ2v) is 3.08. The molecule has 0 unspecified atom stereocenters. The third-order valence-corrected chi connectivity index (χ3v) is 2.33. The third-order valence-electron chi connectivity index (χ3n) is 1.88. The zero-order chi connectivity index (χ0) is 10.7. The summed E-state index contributed by atoms with van der Waals surface area (Å²) in [5, 5.41) is 3.55. The maximum atomic E-state index is 13.3. The summed E-state index contributed by atoms with van der Waals surface area (Å²) >= 11 is 5.87. The predicted molar refractivity (Wildman–Crippen MR) is 54.5 cm³/mol. The van der Waals surface area contributed by atoms with Gasteiger partial charge in [0.1, 0.15) is 0 Å². The van der Waals surface area contributed by atoms with E-state index in [2.05, 4.69) is 5.10 Å². The Hall–Kier alpha value is -1.29. The molecule has 0 aliphatic rings. The Bertz CT molecular complexity index is 380. The van der Waals surface area contributed by atoms with Gasteiger partial charge in [-0.05, 0) is 18.6 Å². The molecule has 0 aromatic heterocycles. The number of hydrogen-bond donors (Lipinski definition) is 1. The van der Waals surface area contributed by atoms with Crippen LogP contribution in [-0.4, -0.2) is 13.3 Å². The molecule has 1 aromatic carbocycles. The van der Waals surface area contributed by atoms with Crippen molar-refractivity contribution in [2.75, 3.05) is 7.11 Å². The minimum Gasteiger partial charge on any atom is -0.492 e. The number of ether oxygens (including phenoxy) is 1. The SMILES string of the molecule is COc1c(F)cc(C=NN)c(C)c1Cl. The van der Waals surface area contributed by atoms with Gasteiger partial charge >= 0.3 is 0 Å². The van der Waals surface area contributed by atoms with Gasteiger partial charge in [-0.3, -0.25) is 0 Å². The molecule has 2 N–H and O–H groups in total. The highest BCUT2D eigenvalue weighted by atomic mass is 35.5. The van der Waals surface area contributed by atoms with E-state index in [1.165, 1.54) is 19.4 Å². The Kier molecular flexibility index (Phi) is 3.30. The molecule has 14 heavy (non-hydrogen) atoms. The Morgan fingerprint density at radius 2 is 2.29 bits per heavy atom. The van der Waals surface area contributed by atoms with Crippen molar-refractivity contribution >= 4 is 17.8 Å². The van der Waals surface area contributed by atoms with Gasteiger partial charge < -0.3 is 10.6 Å². The molecular weight excluding hydrogens is 207 g/mol. The first-order valence-corrected chi connectivity index (χ1v) is 4.25. The first-order chi connectivity index (χ1) is 6.61. The van der Waals surface area contributed by atoms with Gasteiger partial charge in [-0.15, -0.1) is 0 Å². The van der Waals surface area contributed by atoms with Gasteiger partial charge in [-0.1, -0.05) is 11.6 Å². The molecule has 5 heteroatoms. The van der Waals surface area contributed by atoms with Gasteiger partial charge in [0.05, 0.1) is 18.3 Å². The predicted octanol–water partition coefficient (Wildman–Crippen LogP) is 2.09. The number of nitrogens with zero attached hydrogens (tertiary/aromatic N) is 1. The topological polar surface area (TPSA) is 47.6 Å². The third kappa shape index (κ3) is 1.80. The van der Waals surface area contributed by atoms with Gasteiger partial charge in [0, 0.05) is 5.56 Å². The number of rotatable bonds is 2. The van der Waals surface area contributed by atoms with Crippen molar-refractivity contribution in [1.29, 1.82) is 0 Å². The molecule has 3 nitrogen and oxygen atoms in total. The second kappa shape index (κ2) is 4.28. The average Bonchev–Trinajstić information content (AvgIpc) is 2.15. The molecule has 76 valence electrons. The Balaban J connectivity index is 3.39. The zero-order valence-electron chi connectivity index (χ0n) is 7.84. The highest BCUT2D eigenvalue weighted by Gasteiger charge is 2.13. The molecule has 0 aliphatic carbocycles. The van der Waals surface area contributed by atoms with Gasteiger partial charge in [0.15, 0.2) is 11.6 Å². The molecule has 0 bridgehead atoms. The minimum absolute atomic E-state index is 0.0401. The summed E-state index contributed by atoms with van der Waals surface area (Å²) in [6.07, 6.45) is 1.34. The van der Waals surface area contributed by atoms with E-state index in [-0.39, 0.29) is 10.8 Å². The van der Waals surface area contributed by atoms with E-state index < -0.39 is 5.82 Å². The van der Waals surface area contributed by atoms with Crippen molar-refractivity contribution in [1.82, 2.24) is 0 Å². The standard InChI is InChI=1S/C9H10ClFN2O/c1-5-6(4-13-12)3-7(11)9(14-2)8(5)10/h3-4H,12H2,1-2H3. The Labute approximate surface area is 86.3 Å². The summed E-state index contributed by atoms with van der Waals surface area (Å²) in [6, 6.07) is 1.27. The first-order valence-electron chi connectivity index (χ1n) is 3.87. The Morgan fingerprint density at radius 3 is 2.79 bits per heavy atom. The van der Waals surface area contributed by atoms with E-state index in [1.54, 1.807) is 6.92 Å². The molecular formula is C9H10ClFN2O. The van der Waals surface area contributed by atoms with Crippen molar-refractivity contribution in [3.63, 3.8) is 0 Å². The highest BCUT2D eigenvalue weighted by molar-refractivity contribution is 6.33. The van der Waals surface area contributed by atoms with Crippen LogP contribution in [0.5, 0.6) is 5.75 Å². The van der Waals surface area contributed by atoms with E-state index in [1.807, 2.05) is 0 Å². The van der Waals surface area contributed by atoms with E-state index >= 15 is 0 Å². The number of methoxy groups -OCH3 is 1. The van der Waals surface area contributed by atoms with E-state index in [0.29, 0.717) is 11.1 Å². The lowest BCUT2D eigenvalue weighted by atomic mass is 10.1. The smallest absolute Gasteiger partial charge is 0.173 e. The maximum absolute atomic E-state index is 13.3. The lowest BCUT2D eigenvalue weighted by Gasteiger charge is -2.09. The molecule has 0 amide bonds. The molecule has 0 heterocycles. The molecule has 1 rings (SSSR count). The molecule has 0 saturated carbocycles. The summed E-state index contributed by atoms with van der Waals surface area (Å²) in [4.78, 5) is 0. The van der Waals surface area contributed by atoms with Gasteiger partial charge in [0.25, 0.3) is 0 Å². The first kappa shape index (κ1) is 10.8. The second-order valence-electron chi connectivity index (χ2n) is 2.70. The largest absolute Gasteiger partial charge is 0.492 e. The van der Waals surface area contributed by atoms with Crippen molar-refractivity contribution in [2.45, 2.75) is 6.92 Å². The van der Waals surface area contributed by atoms with Crippen molar-refractivity contribution < 1.29 is 9.13 Å². The minimum atomic E-state index is -0.530. The van der Waals surface area contributed by atoms with Crippen LogP contribution < -0.4 is 10.6 Å². The number of hydrazone groups is 1. The molecule has 0 atom stereocenters. The maximum Gasteiger partial charge on any atom is 0.173 e. The van der Waals surface area contributed by atoms with E-state index in [4.69, 9.17) is 22.2 Å². The fourth-order valence-electron chi connectivity index (χ4n) is 1.11. The number of benzene rings is 1. The van der Waals surface area contributed by atoms with Gasteiger partial charge in [-0.2, -0.15) is 5.10 Å². The van der Waals surface area contributed by atoms with Crippen LogP contribution in [-0.2, 0) is 0 Å². The fraction of sp³-hybridized carbons (Fsp3) is 0.222. The number of hydrogen-bond acceptors (Lipinski definition) is 3.